The van der Waals surface area contributed by atoms with Crippen molar-refractivity contribution in [3.8, 4) is 0 Å². The van der Waals surface area contributed by atoms with Gasteiger partial charge in [-0.05, 0) is 12.3 Å². The molecule has 1 aromatic rings. The summed E-state index contributed by atoms with van der Waals surface area (Å²) < 4.78 is 0. The Morgan fingerprint density at radius 1 is 1.56 bits per heavy atom. The highest BCUT2D eigenvalue weighted by atomic mass is 16.2. The molecular weight excluding hydrogens is 230 g/mol. The first kappa shape index (κ1) is 13.0. The average molecular weight is 251 g/mol. The molecule has 6 heteroatoms. The number of carbonyl (C=O) groups is 1. The molecule has 1 fully saturated rings. The largest absolute Gasteiger partial charge is 0.335 e. The summed E-state index contributed by atoms with van der Waals surface area (Å²) in [5.74, 6) is 1.32. The number of hydrogen-bond acceptors (Lipinski definition) is 4. The van der Waals surface area contributed by atoms with Crippen LogP contribution in [0.5, 0.6) is 0 Å². The molecule has 1 aliphatic rings. The number of aromatic amines is 1. The van der Waals surface area contributed by atoms with E-state index < -0.39 is 0 Å². The molecule has 18 heavy (non-hydrogen) atoms. The summed E-state index contributed by atoms with van der Waals surface area (Å²) >= 11 is 0. The molecule has 1 aromatic heterocycles. The van der Waals surface area contributed by atoms with Crippen molar-refractivity contribution in [2.45, 2.75) is 39.2 Å². The smallest absolute Gasteiger partial charge is 0.293 e. The Labute approximate surface area is 107 Å². The number of nitrogens with one attached hydrogen (secondary N) is 1. The van der Waals surface area contributed by atoms with Crippen LogP contribution >= 0.6 is 0 Å². The number of H-pyrrole nitrogens is 1. The van der Waals surface area contributed by atoms with Crippen LogP contribution in [0.1, 0.15) is 43.1 Å². The van der Waals surface area contributed by atoms with Gasteiger partial charge in [-0.2, -0.15) is 0 Å². The fraction of sp³-hybridized carbons (Fsp3) is 0.750. The molecule has 2 heterocycles. The summed E-state index contributed by atoms with van der Waals surface area (Å²) in [5, 5.41) is 6.75. The molecule has 0 radical (unpaired) electrons. The van der Waals surface area contributed by atoms with Gasteiger partial charge >= 0.3 is 0 Å². The van der Waals surface area contributed by atoms with Gasteiger partial charge in [0, 0.05) is 25.6 Å². The molecule has 1 saturated heterocycles. The summed E-state index contributed by atoms with van der Waals surface area (Å²) in [7, 11) is 0. The highest BCUT2D eigenvalue weighted by molar-refractivity contribution is 5.90. The van der Waals surface area contributed by atoms with Gasteiger partial charge in [0.1, 0.15) is 5.82 Å². The fourth-order valence-corrected chi connectivity index (χ4v) is 2.36. The lowest BCUT2D eigenvalue weighted by atomic mass is 9.90. The Morgan fingerprint density at radius 2 is 2.33 bits per heavy atom. The third kappa shape index (κ3) is 2.53. The van der Waals surface area contributed by atoms with Gasteiger partial charge in [-0.25, -0.2) is 4.98 Å². The second kappa shape index (κ2) is 5.48. The van der Waals surface area contributed by atoms with E-state index in [4.69, 9.17) is 5.73 Å². The van der Waals surface area contributed by atoms with Gasteiger partial charge < -0.3 is 10.6 Å². The maximum absolute atomic E-state index is 12.2. The number of nitrogens with zero attached hydrogens (tertiary/aromatic N) is 3. The van der Waals surface area contributed by atoms with E-state index in [2.05, 4.69) is 22.1 Å². The summed E-state index contributed by atoms with van der Waals surface area (Å²) in [6, 6.07) is 0.206. The molecule has 1 aliphatic heterocycles. The lowest BCUT2D eigenvalue weighted by Crippen LogP contribution is -2.49. The number of nitrogens with two attached hydrogens (primary N) is 1. The average Bonchev–Trinajstić information content (AvgIpc) is 2.87. The zero-order chi connectivity index (χ0) is 13.1. The topological polar surface area (TPSA) is 87.9 Å². The molecule has 0 aromatic carbocycles. The van der Waals surface area contributed by atoms with Crippen LogP contribution in [0, 0.1) is 5.92 Å². The van der Waals surface area contributed by atoms with Gasteiger partial charge in [0.05, 0.1) is 0 Å². The minimum absolute atomic E-state index is 0.0868. The predicted molar refractivity (Wildman–Crippen MR) is 68.0 cm³/mol. The lowest BCUT2D eigenvalue weighted by molar-refractivity contribution is 0.0637. The van der Waals surface area contributed by atoms with Gasteiger partial charge in [-0.1, -0.05) is 20.3 Å². The monoisotopic (exact) mass is 251 g/mol. The van der Waals surface area contributed by atoms with Gasteiger partial charge in [-0.3, -0.25) is 9.89 Å². The zero-order valence-corrected chi connectivity index (χ0v) is 11.0. The first-order valence-corrected chi connectivity index (χ1v) is 6.61. The number of amides is 1. The Morgan fingerprint density at radius 3 is 2.94 bits per heavy atom. The van der Waals surface area contributed by atoms with E-state index in [1.54, 1.807) is 0 Å². The fourth-order valence-electron chi connectivity index (χ4n) is 2.36. The van der Waals surface area contributed by atoms with Crippen LogP contribution in [-0.2, 0) is 6.42 Å². The van der Waals surface area contributed by atoms with Crippen molar-refractivity contribution in [2.75, 3.05) is 13.1 Å². The normalized spacial score (nSPS) is 24.3. The molecule has 0 saturated carbocycles. The third-order valence-corrected chi connectivity index (χ3v) is 3.66. The SMILES string of the molecule is CCc1nc(C(=O)N2CCC(N)C(CC)C2)n[nH]1. The summed E-state index contributed by atoms with van der Waals surface area (Å²) in [6.45, 7) is 5.50. The van der Waals surface area contributed by atoms with Crippen molar-refractivity contribution >= 4 is 5.91 Å². The summed E-state index contributed by atoms with van der Waals surface area (Å²) in [4.78, 5) is 18.2. The standard InChI is InChI=1S/C12H21N5O/c1-3-8-7-17(6-5-9(8)13)12(18)11-14-10(4-2)15-16-11/h8-9H,3-7,13H2,1-2H3,(H,14,15,16). The molecule has 2 unspecified atom stereocenters. The minimum atomic E-state index is -0.0868. The lowest BCUT2D eigenvalue weighted by Gasteiger charge is -2.35. The molecule has 1 amide bonds. The molecule has 0 aliphatic carbocycles. The molecule has 6 nitrogen and oxygen atoms in total. The first-order chi connectivity index (χ1) is 8.65. The van der Waals surface area contributed by atoms with Gasteiger partial charge in [0.15, 0.2) is 0 Å². The third-order valence-electron chi connectivity index (χ3n) is 3.66. The van der Waals surface area contributed by atoms with Crippen molar-refractivity contribution < 1.29 is 4.79 Å². The molecule has 2 atom stereocenters. The van der Waals surface area contributed by atoms with Gasteiger partial charge in [0.2, 0.25) is 5.82 Å². The van der Waals surface area contributed by atoms with Crippen LogP contribution in [-0.4, -0.2) is 45.1 Å². The molecule has 0 spiro atoms. The molecular formula is C12H21N5O. The quantitative estimate of drug-likeness (QED) is 0.822. The zero-order valence-electron chi connectivity index (χ0n) is 11.0. The first-order valence-electron chi connectivity index (χ1n) is 6.61. The van der Waals surface area contributed by atoms with E-state index in [-0.39, 0.29) is 17.8 Å². The Hall–Kier alpha value is -1.43. The second-order valence-electron chi connectivity index (χ2n) is 4.83. The summed E-state index contributed by atoms with van der Waals surface area (Å²) in [6.07, 6.45) is 2.61. The number of likely N-dealkylation sites (tertiary alicyclic amines) is 1. The highest BCUT2D eigenvalue weighted by Gasteiger charge is 2.30. The van der Waals surface area contributed by atoms with Gasteiger partial charge in [0.25, 0.3) is 5.91 Å². The number of rotatable bonds is 3. The highest BCUT2D eigenvalue weighted by Crippen LogP contribution is 2.19. The molecule has 2 rings (SSSR count). The summed E-state index contributed by atoms with van der Waals surface area (Å²) in [5.41, 5.74) is 6.04. The van der Waals surface area contributed by atoms with Crippen molar-refractivity contribution in [1.29, 1.82) is 0 Å². The molecule has 3 N–H and O–H groups in total. The Balaban J connectivity index is 2.05. The van der Waals surface area contributed by atoms with Crippen LogP contribution in [0.2, 0.25) is 0 Å². The van der Waals surface area contributed by atoms with Crippen molar-refractivity contribution in [3.63, 3.8) is 0 Å². The van der Waals surface area contributed by atoms with E-state index in [0.29, 0.717) is 19.0 Å². The minimum Gasteiger partial charge on any atom is -0.335 e. The number of aryl methyl sites for hydroxylation is 1. The number of carbonyl (C=O) groups excluding carboxylic acids is 1. The van der Waals surface area contributed by atoms with Crippen LogP contribution in [0.25, 0.3) is 0 Å². The van der Waals surface area contributed by atoms with E-state index >= 15 is 0 Å². The molecule has 0 bridgehead atoms. The predicted octanol–water partition coefficient (Wildman–Crippen LogP) is 0.566. The van der Waals surface area contributed by atoms with Crippen molar-refractivity contribution in [2.24, 2.45) is 11.7 Å². The maximum atomic E-state index is 12.2. The van der Waals surface area contributed by atoms with Gasteiger partial charge in [-0.15, -0.1) is 5.10 Å². The van der Waals surface area contributed by atoms with Crippen LogP contribution < -0.4 is 5.73 Å². The van der Waals surface area contributed by atoms with Crippen molar-refractivity contribution in [1.82, 2.24) is 20.1 Å². The number of piperidine rings is 1. The Kier molecular flexibility index (Phi) is 3.96. The van der Waals surface area contributed by atoms with Crippen LogP contribution in [0.15, 0.2) is 0 Å². The van der Waals surface area contributed by atoms with Crippen LogP contribution in [0.3, 0.4) is 0 Å². The van der Waals surface area contributed by atoms with E-state index in [9.17, 15) is 4.79 Å². The van der Waals surface area contributed by atoms with E-state index in [0.717, 1.165) is 25.1 Å². The van der Waals surface area contributed by atoms with E-state index in [1.165, 1.54) is 0 Å². The number of hydrogen-bond donors (Lipinski definition) is 2. The van der Waals surface area contributed by atoms with Crippen molar-refractivity contribution in [3.05, 3.63) is 11.6 Å². The number of aromatic nitrogens is 3. The van der Waals surface area contributed by atoms with E-state index in [1.807, 2.05) is 11.8 Å². The van der Waals surface area contributed by atoms with Crippen LogP contribution in [0.4, 0.5) is 0 Å². The molecule has 100 valence electrons. The Bertz CT molecular complexity index is 416. The maximum Gasteiger partial charge on any atom is 0.293 e. The second-order valence-corrected chi connectivity index (χ2v) is 4.83.